The number of carbonyl (C=O) groups excluding carboxylic acids is 3. The van der Waals surface area contributed by atoms with Crippen molar-refractivity contribution in [2.24, 2.45) is 41.7 Å². The van der Waals surface area contributed by atoms with Gasteiger partial charge in [0.15, 0.2) is 5.69 Å². The van der Waals surface area contributed by atoms with Gasteiger partial charge in [-0.2, -0.15) is 5.10 Å². The van der Waals surface area contributed by atoms with Crippen molar-refractivity contribution in [2.45, 2.75) is 109 Å². The average Bonchev–Trinajstić information content (AvgIpc) is 3.99. The number of piperidine rings is 3. The Morgan fingerprint density at radius 2 is 1.70 bits per heavy atom. The first kappa shape index (κ1) is 48.2. The smallest absolute Gasteiger partial charge is 0.329 e. The number of aromatic nitrogens is 4. The maximum Gasteiger partial charge on any atom is 0.329 e. The molecule has 370 valence electrons. The molecule has 1 aromatic carbocycles. The number of imide groups is 1. The maximum atomic E-state index is 14.1. The van der Waals surface area contributed by atoms with Crippen LogP contribution in [0.5, 0.6) is 0 Å². The van der Waals surface area contributed by atoms with Gasteiger partial charge in [-0.3, -0.25) is 33.7 Å². The number of hydrogen-bond donors (Lipinski definition) is 4. The number of benzene rings is 1. The molecule has 0 bridgehead atoms. The number of nitrogens with two attached hydrogens (primary N) is 1. The minimum atomic E-state index is -2.98. The number of carbonyl (C=O) groups is 3. The van der Waals surface area contributed by atoms with Crippen LogP contribution in [0.3, 0.4) is 0 Å². The van der Waals surface area contributed by atoms with E-state index in [0.717, 1.165) is 108 Å². The molecule has 5 aliphatic rings. The second kappa shape index (κ2) is 21.9. The fraction of sp³-hybridized carbons (Fsp3) is 0.580. The van der Waals surface area contributed by atoms with Gasteiger partial charge < -0.3 is 30.5 Å². The molecule has 1 unspecified atom stereocenters. The quantitative estimate of drug-likeness (QED) is 0.0394. The van der Waals surface area contributed by atoms with Crippen molar-refractivity contribution in [2.75, 3.05) is 51.2 Å². The lowest BCUT2D eigenvalue weighted by atomic mass is 9.80. The molecular weight excluding hydrogens is 889 g/mol. The first-order valence-corrected chi connectivity index (χ1v) is 24.8. The molecule has 3 aromatic heterocycles. The number of anilines is 1. The number of imidazole rings is 1. The van der Waals surface area contributed by atoms with Crippen molar-refractivity contribution >= 4 is 40.3 Å². The van der Waals surface area contributed by atoms with Crippen LogP contribution in [-0.4, -0.2) is 111 Å². The third-order valence-corrected chi connectivity index (χ3v) is 14.9. The molecule has 0 radical (unpaired) electrons. The summed E-state index contributed by atoms with van der Waals surface area (Å²) in [4.78, 5) is 64.8. The van der Waals surface area contributed by atoms with E-state index in [1.165, 1.54) is 19.1 Å². The van der Waals surface area contributed by atoms with Crippen molar-refractivity contribution in [3.05, 3.63) is 76.3 Å². The minimum absolute atomic E-state index is 0.0537. The highest BCUT2D eigenvalue weighted by molar-refractivity contribution is 6.07. The Hall–Kier alpha value is -5.79. The number of aryl methyl sites for hydroxylation is 1. The van der Waals surface area contributed by atoms with Crippen LogP contribution in [-0.2, 0) is 27.9 Å². The van der Waals surface area contributed by atoms with Gasteiger partial charge in [0.2, 0.25) is 17.7 Å². The zero-order valence-corrected chi connectivity index (χ0v) is 39.4. The SMILES string of the molecule is Cn1c(=O)n(C2CCC(=O)NC2=O)c2cccc(CN3CCC(OCC4CCN(CC5CCC(C/C=C(NC(=O)c6coc(-c7ccnc(NCC8CC8)c7)n6)\C(=N/N)C(F)F)CC5)CC4)CC3)c21. The fourth-order valence-electron chi connectivity index (χ4n) is 10.7. The third kappa shape index (κ3) is 11.8. The summed E-state index contributed by atoms with van der Waals surface area (Å²) in [5.41, 5.74) is 2.11. The Balaban J connectivity index is 0.685. The van der Waals surface area contributed by atoms with E-state index in [1.807, 2.05) is 12.1 Å². The standard InChI is InChI=1S/C50H65F2N11O6/c1-60-45-36(3-2-4-40(45)63(50(60)67)41-13-14-43(64)58-48(41)66)28-62-23-18-37(19-24-62)68-29-34-16-21-61(22-17-34)27-33-9-5-31(6-10-33)11-12-38(44(59-53)46(51)52)56-47(65)39-30-69-49(57-39)35-15-20-54-42(25-35)55-26-32-7-8-32/h2-4,12,15,20,25,30-34,37,41,46H,5-11,13-14,16-19,21-24,26-29,53H2,1H3,(H,54,55)(H,56,65)(H,58,64,66)/b38-12+,59-44+. The van der Waals surface area contributed by atoms with Crippen LogP contribution in [0.15, 0.2) is 68.9 Å². The molecule has 3 amide bonds. The molecule has 0 spiro atoms. The number of para-hydroxylation sites is 1. The maximum absolute atomic E-state index is 14.1. The Kier molecular flexibility index (Phi) is 15.3. The predicted octanol–water partition coefficient (Wildman–Crippen LogP) is 5.97. The second-order valence-electron chi connectivity index (χ2n) is 19.8. The monoisotopic (exact) mass is 954 g/mol. The zero-order valence-electron chi connectivity index (χ0n) is 39.4. The zero-order chi connectivity index (χ0) is 48.0. The summed E-state index contributed by atoms with van der Waals surface area (Å²) in [6.07, 6.45) is 13.3. The van der Waals surface area contributed by atoms with E-state index in [0.29, 0.717) is 54.0 Å². The number of nitrogens with zero attached hydrogens (tertiary/aromatic N) is 7. The molecule has 3 aliphatic heterocycles. The third-order valence-electron chi connectivity index (χ3n) is 14.9. The largest absolute Gasteiger partial charge is 0.444 e. The number of amides is 3. The number of rotatable bonds is 18. The minimum Gasteiger partial charge on any atom is -0.444 e. The molecule has 5 fully saturated rings. The van der Waals surface area contributed by atoms with Gasteiger partial charge in [0.05, 0.1) is 22.8 Å². The van der Waals surface area contributed by atoms with E-state index >= 15 is 0 Å². The highest BCUT2D eigenvalue weighted by atomic mass is 19.3. The van der Waals surface area contributed by atoms with E-state index in [4.69, 9.17) is 15.0 Å². The highest BCUT2D eigenvalue weighted by Gasteiger charge is 2.33. The summed E-state index contributed by atoms with van der Waals surface area (Å²) in [5, 5.41) is 11.6. The topological polar surface area (TPSA) is 207 Å². The van der Waals surface area contributed by atoms with Crippen molar-refractivity contribution < 1.29 is 32.3 Å². The van der Waals surface area contributed by atoms with E-state index in [9.17, 15) is 28.0 Å². The van der Waals surface area contributed by atoms with Crippen LogP contribution in [0, 0.1) is 23.7 Å². The van der Waals surface area contributed by atoms with Crippen LogP contribution < -0.4 is 27.5 Å². The summed E-state index contributed by atoms with van der Waals surface area (Å²) >= 11 is 0. The van der Waals surface area contributed by atoms with Gasteiger partial charge in [0.25, 0.3) is 12.3 Å². The summed E-state index contributed by atoms with van der Waals surface area (Å²) < 4.78 is 43.4. The molecule has 4 aromatic rings. The van der Waals surface area contributed by atoms with Crippen molar-refractivity contribution in [1.82, 2.24) is 39.5 Å². The van der Waals surface area contributed by atoms with Gasteiger partial charge >= 0.3 is 5.69 Å². The van der Waals surface area contributed by atoms with E-state index < -0.39 is 30.0 Å². The van der Waals surface area contributed by atoms with E-state index in [2.05, 4.69) is 46.9 Å². The molecule has 17 nitrogen and oxygen atoms in total. The molecule has 3 saturated heterocycles. The van der Waals surface area contributed by atoms with Gasteiger partial charge in [-0.05, 0) is 138 Å². The summed E-state index contributed by atoms with van der Waals surface area (Å²) in [6, 6.07) is 8.69. The molecule has 2 saturated carbocycles. The summed E-state index contributed by atoms with van der Waals surface area (Å²) in [6.45, 7) is 7.28. The van der Waals surface area contributed by atoms with Crippen LogP contribution >= 0.6 is 0 Å². The fourth-order valence-corrected chi connectivity index (χ4v) is 10.7. The predicted molar refractivity (Wildman–Crippen MR) is 256 cm³/mol. The van der Waals surface area contributed by atoms with Crippen LogP contribution in [0.25, 0.3) is 22.5 Å². The number of oxazole rings is 1. The van der Waals surface area contributed by atoms with Crippen molar-refractivity contribution in [1.29, 1.82) is 0 Å². The first-order chi connectivity index (χ1) is 33.5. The van der Waals surface area contributed by atoms with Gasteiger partial charge in [0.1, 0.15) is 23.8 Å². The number of fused-ring (bicyclic) bond motifs is 1. The number of hydrazone groups is 1. The number of pyridine rings is 1. The highest BCUT2D eigenvalue weighted by Crippen LogP contribution is 2.34. The molecule has 1 atom stereocenters. The van der Waals surface area contributed by atoms with E-state index in [1.54, 1.807) is 40.6 Å². The number of nitrogens with one attached hydrogen (secondary N) is 3. The lowest BCUT2D eigenvalue weighted by Gasteiger charge is -2.37. The number of alkyl halides is 2. The van der Waals surface area contributed by atoms with Crippen molar-refractivity contribution in [3.63, 3.8) is 0 Å². The summed E-state index contributed by atoms with van der Waals surface area (Å²) in [7, 11) is 1.75. The number of hydrogen-bond acceptors (Lipinski definition) is 13. The normalized spacial score (nSPS) is 22.9. The number of ether oxygens (including phenoxy) is 1. The Bertz CT molecular complexity index is 2580. The van der Waals surface area contributed by atoms with E-state index in [-0.39, 0.29) is 47.3 Å². The van der Waals surface area contributed by atoms with Gasteiger partial charge in [-0.1, -0.05) is 18.2 Å². The lowest BCUT2D eigenvalue weighted by molar-refractivity contribution is -0.135. The molecule has 9 rings (SSSR count). The number of likely N-dealkylation sites (tertiary alicyclic amines) is 2. The van der Waals surface area contributed by atoms with Gasteiger partial charge in [0, 0.05) is 64.6 Å². The van der Waals surface area contributed by atoms with Crippen LogP contribution in [0.2, 0.25) is 0 Å². The Morgan fingerprint density at radius 1 is 0.957 bits per heavy atom. The van der Waals surface area contributed by atoms with Gasteiger partial charge in [-0.25, -0.2) is 23.5 Å². The molecule has 19 heteroatoms. The second-order valence-corrected chi connectivity index (χ2v) is 19.8. The average molecular weight is 954 g/mol. The Labute approximate surface area is 400 Å². The molecule has 2 aliphatic carbocycles. The van der Waals surface area contributed by atoms with Crippen molar-refractivity contribution in [3.8, 4) is 11.5 Å². The number of halogens is 2. The van der Waals surface area contributed by atoms with Gasteiger partial charge in [-0.15, -0.1) is 0 Å². The molecule has 5 N–H and O–H groups in total. The van der Waals surface area contributed by atoms with Crippen LogP contribution in [0.4, 0.5) is 14.6 Å². The van der Waals surface area contributed by atoms with Crippen LogP contribution in [0.1, 0.15) is 106 Å². The Morgan fingerprint density at radius 3 is 2.42 bits per heavy atom. The first-order valence-electron chi connectivity index (χ1n) is 24.8. The molecule has 69 heavy (non-hydrogen) atoms. The molecule has 6 heterocycles. The number of allylic oxidation sites excluding steroid dienone is 2. The molecular formula is C50H65F2N11O6. The lowest BCUT2D eigenvalue weighted by Crippen LogP contribution is -2.44. The summed E-state index contributed by atoms with van der Waals surface area (Å²) in [5.74, 6) is 6.95.